The van der Waals surface area contributed by atoms with Crippen LogP contribution >= 0.6 is 0 Å². The van der Waals surface area contributed by atoms with Crippen LogP contribution in [0.4, 0.5) is 4.79 Å². The van der Waals surface area contributed by atoms with Crippen molar-refractivity contribution < 1.29 is 28.3 Å². The summed E-state index contributed by atoms with van der Waals surface area (Å²) in [5, 5.41) is 14.0. The number of carbonyl (C=O) groups is 3. The lowest BCUT2D eigenvalue weighted by molar-refractivity contribution is -0.127. The number of amides is 2. The van der Waals surface area contributed by atoms with E-state index < -0.39 is 29.4 Å². The number of ether oxygens (including phenoxy) is 2. The van der Waals surface area contributed by atoms with E-state index in [0.29, 0.717) is 6.42 Å². The van der Waals surface area contributed by atoms with E-state index in [9.17, 15) is 14.4 Å². The van der Waals surface area contributed by atoms with Crippen molar-refractivity contribution in [3.05, 3.63) is 11.8 Å². The molecule has 0 bridgehead atoms. The molecule has 1 fully saturated rings. The molecule has 1 heterocycles. The second kappa shape index (κ2) is 12.5. The van der Waals surface area contributed by atoms with Crippen molar-refractivity contribution in [1.82, 2.24) is 20.8 Å². The van der Waals surface area contributed by atoms with Gasteiger partial charge in [0.1, 0.15) is 23.5 Å². The predicted molar refractivity (Wildman–Crippen MR) is 129 cm³/mol. The summed E-state index contributed by atoms with van der Waals surface area (Å²) in [4.78, 5) is 36.9. The number of hydrogen-bond donors (Lipinski definition) is 2. The third-order valence-corrected chi connectivity index (χ3v) is 5.50. The lowest BCUT2D eigenvalue weighted by Crippen LogP contribution is -2.38. The van der Waals surface area contributed by atoms with Crippen molar-refractivity contribution in [2.75, 3.05) is 6.61 Å². The van der Waals surface area contributed by atoms with Crippen LogP contribution in [0.5, 0.6) is 0 Å². The average Bonchev–Trinajstić information content (AvgIpc) is 3.22. The largest absolute Gasteiger partial charge is 0.444 e. The standard InChI is InChI=1S/C25H42N4O6/c1-16(30)13-14-18(26-20(31)17-11-9-8-10-12-17)21-28-29-22(34-21)19(15-33-24(2,3)4)27-23(32)35-25(5,6)7/h17-19H,8-15H2,1-7H3,(H,26,31)(H,27,32)/t18-,19-/m0/s1. The minimum absolute atomic E-state index is 0.00435. The molecule has 2 rings (SSSR count). The van der Waals surface area contributed by atoms with Crippen LogP contribution in [0, 0.1) is 5.92 Å². The van der Waals surface area contributed by atoms with Gasteiger partial charge in [-0.1, -0.05) is 19.3 Å². The van der Waals surface area contributed by atoms with E-state index in [2.05, 4.69) is 20.8 Å². The molecule has 1 aromatic rings. The minimum Gasteiger partial charge on any atom is -0.444 e. The summed E-state index contributed by atoms with van der Waals surface area (Å²) in [5.41, 5.74) is -1.14. The van der Waals surface area contributed by atoms with Gasteiger partial charge in [0.2, 0.25) is 17.7 Å². The van der Waals surface area contributed by atoms with Crippen molar-refractivity contribution in [3.8, 4) is 0 Å². The van der Waals surface area contributed by atoms with E-state index in [1.165, 1.54) is 6.92 Å². The molecule has 198 valence electrons. The molecule has 2 amide bonds. The number of nitrogens with one attached hydrogen (secondary N) is 2. The highest BCUT2D eigenvalue weighted by Crippen LogP contribution is 2.27. The zero-order valence-corrected chi connectivity index (χ0v) is 22.2. The van der Waals surface area contributed by atoms with Gasteiger partial charge in [-0.3, -0.25) is 4.79 Å². The number of rotatable bonds is 10. The summed E-state index contributed by atoms with van der Waals surface area (Å²) in [6, 6.07) is -1.35. The van der Waals surface area contributed by atoms with Crippen LogP contribution in [0.3, 0.4) is 0 Å². The van der Waals surface area contributed by atoms with Crippen molar-refractivity contribution in [1.29, 1.82) is 0 Å². The van der Waals surface area contributed by atoms with Gasteiger partial charge in [-0.2, -0.15) is 0 Å². The van der Waals surface area contributed by atoms with Gasteiger partial charge in [0.05, 0.1) is 12.2 Å². The summed E-state index contributed by atoms with van der Waals surface area (Å²) in [6.45, 7) is 12.6. The van der Waals surface area contributed by atoms with Gasteiger partial charge >= 0.3 is 6.09 Å². The van der Waals surface area contributed by atoms with E-state index in [4.69, 9.17) is 13.9 Å². The molecule has 1 aliphatic carbocycles. The third-order valence-electron chi connectivity index (χ3n) is 5.50. The fourth-order valence-electron chi connectivity index (χ4n) is 3.75. The Kier molecular flexibility index (Phi) is 10.2. The van der Waals surface area contributed by atoms with Gasteiger partial charge in [-0.25, -0.2) is 4.79 Å². The number of carbonyl (C=O) groups excluding carboxylic acids is 3. The van der Waals surface area contributed by atoms with Crippen molar-refractivity contribution in [2.24, 2.45) is 5.92 Å². The molecular formula is C25H42N4O6. The first-order chi connectivity index (χ1) is 16.2. The van der Waals surface area contributed by atoms with Gasteiger partial charge in [0, 0.05) is 12.3 Å². The average molecular weight is 495 g/mol. The van der Waals surface area contributed by atoms with Gasteiger partial charge in [-0.05, 0) is 67.7 Å². The van der Waals surface area contributed by atoms with Crippen LogP contribution in [0.25, 0.3) is 0 Å². The SMILES string of the molecule is CC(=O)CC[C@H](NC(=O)C1CCCCC1)c1nnc([C@H](COC(C)(C)C)NC(=O)OC(C)(C)C)o1. The molecule has 10 heteroatoms. The molecule has 0 unspecified atom stereocenters. The Labute approximate surface area is 208 Å². The molecule has 1 saturated carbocycles. The molecular weight excluding hydrogens is 452 g/mol. The third kappa shape index (κ3) is 10.8. The highest BCUT2D eigenvalue weighted by molar-refractivity contribution is 5.79. The molecule has 0 saturated heterocycles. The predicted octanol–water partition coefficient (Wildman–Crippen LogP) is 4.56. The molecule has 10 nitrogen and oxygen atoms in total. The first kappa shape index (κ1) is 28.7. The quantitative estimate of drug-likeness (QED) is 0.484. The molecule has 1 aliphatic rings. The maximum absolute atomic E-state index is 12.9. The molecule has 0 aromatic carbocycles. The molecule has 2 N–H and O–H groups in total. The van der Waals surface area contributed by atoms with E-state index in [1.807, 2.05) is 20.8 Å². The normalized spacial score (nSPS) is 16.9. The number of alkyl carbamates (subject to hydrolysis) is 1. The Balaban J connectivity index is 2.21. The summed E-state index contributed by atoms with van der Waals surface area (Å²) in [5.74, 6) is 0.224. The summed E-state index contributed by atoms with van der Waals surface area (Å²) >= 11 is 0. The van der Waals surface area contributed by atoms with Crippen LogP contribution in [0.2, 0.25) is 0 Å². The van der Waals surface area contributed by atoms with Crippen LogP contribution < -0.4 is 10.6 Å². The molecule has 0 radical (unpaired) electrons. The topological polar surface area (TPSA) is 133 Å². The van der Waals surface area contributed by atoms with Crippen LogP contribution in [0.1, 0.15) is 117 Å². The van der Waals surface area contributed by atoms with Crippen molar-refractivity contribution in [3.63, 3.8) is 0 Å². The zero-order chi connectivity index (χ0) is 26.2. The Bertz CT molecular complexity index is 849. The minimum atomic E-state index is -0.757. The fourth-order valence-corrected chi connectivity index (χ4v) is 3.75. The maximum atomic E-state index is 12.9. The summed E-state index contributed by atoms with van der Waals surface area (Å²) < 4.78 is 17.2. The maximum Gasteiger partial charge on any atom is 0.408 e. The van der Waals surface area contributed by atoms with Crippen LogP contribution in [0.15, 0.2) is 4.42 Å². The molecule has 35 heavy (non-hydrogen) atoms. The van der Waals surface area contributed by atoms with E-state index in [-0.39, 0.29) is 42.4 Å². The van der Waals surface area contributed by atoms with E-state index in [0.717, 1.165) is 32.1 Å². The molecule has 2 atom stereocenters. The van der Waals surface area contributed by atoms with Crippen molar-refractivity contribution >= 4 is 17.8 Å². The Morgan fingerprint density at radius 3 is 2.09 bits per heavy atom. The van der Waals surface area contributed by atoms with E-state index >= 15 is 0 Å². The van der Waals surface area contributed by atoms with E-state index in [1.54, 1.807) is 20.8 Å². The second-order valence-corrected chi connectivity index (χ2v) is 11.2. The molecule has 1 aromatic heterocycles. The number of nitrogens with zero attached hydrogens (tertiary/aromatic N) is 2. The Morgan fingerprint density at radius 1 is 0.943 bits per heavy atom. The van der Waals surface area contributed by atoms with Crippen LogP contribution in [-0.2, 0) is 19.1 Å². The first-order valence-corrected chi connectivity index (χ1v) is 12.5. The molecule has 0 spiro atoms. The van der Waals surface area contributed by atoms with Gasteiger partial charge in [-0.15, -0.1) is 10.2 Å². The van der Waals surface area contributed by atoms with Crippen LogP contribution in [-0.4, -0.2) is 45.8 Å². The monoisotopic (exact) mass is 494 g/mol. The lowest BCUT2D eigenvalue weighted by atomic mass is 9.88. The Hall–Kier alpha value is -2.49. The van der Waals surface area contributed by atoms with Gasteiger partial charge < -0.3 is 29.3 Å². The number of ketones is 1. The molecule has 0 aliphatic heterocycles. The summed E-state index contributed by atoms with van der Waals surface area (Å²) in [7, 11) is 0. The lowest BCUT2D eigenvalue weighted by Gasteiger charge is -2.25. The fraction of sp³-hybridized carbons (Fsp3) is 0.800. The van der Waals surface area contributed by atoms with Gasteiger partial charge in [0.25, 0.3) is 0 Å². The van der Waals surface area contributed by atoms with Gasteiger partial charge in [0.15, 0.2) is 0 Å². The Morgan fingerprint density at radius 2 is 1.54 bits per heavy atom. The zero-order valence-electron chi connectivity index (χ0n) is 22.2. The number of Topliss-reactive ketones (excluding diaryl/α,β-unsaturated/α-hetero) is 1. The van der Waals surface area contributed by atoms with Crippen molar-refractivity contribution in [2.45, 2.75) is 117 Å². The second-order valence-electron chi connectivity index (χ2n) is 11.2. The summed E-state index contributed by atoms with van der Waals surface area (Å²) in [6.07, 6.45) is 4.89. The number of aromatic nitrogens is 2. The highest BCUT2D eigenvalue weighted by atomic mass is 16.6. The highest BCUT2D eigenvalue weighted by Gasteiger charge is 2.30. The smallest absolute Gasteiger partial charge is 0.408 e. The first-order valence-electron chi connectivity index (χ1n) is 12.5. The number of hydrogen-bond acceptors (Lipinski definition) is 8.